The summed E-state index contributed by atoms with van der Waals surface area (Å²) in [6.07, 6.45) is 5.62. The molecule has 2 fully saturated rings. The van der Waals surface area contributed by atoms with Crippen LogP contribution < -0.4 is 10.2 Å². The second kappa shape index (κ2) is 6.99. The minimum atomic E-state index is -0.0772. The van der Waals surface area contributed by atoms with Gasteiger partial charge < -0.3 is 15.3 Å². The van der Waals surface area contributed by atoms with Crippen molar-refractivity contribution >= 4 is 17.3 Å². The van der Waals surface area contributed by atoms with Crippen molar-refractivity contribution in [2.24, 2.45) is 5.92 Å². The summed E-state index contributed by atoms with van der Waals surface area (Å²) in [7, 11) is 0. The van der Waals surface area contributed by atoms with Gasteiger partial charge in [0.1, 0.15) is 0 Å². The van der Waals surface area contributed by atoms with Crippen molar-refractivity contribution in [2.45, 2.75) is 44.2 Å². The van der Waals surface area contributed by atoms with Crippen molar-refractivity contribution in [1.82, 2.24) is 5.32 Å². The highest BCUT2D eigenvalue weighted by molar-refractivity contribution is 6.30. The molecule has 21 heavy (non-hydrogen) atoms. The molecule has 0 bridgehead atoms. The summed E-state index contributed by atoms with van der Waals surface area (Å²) in [5.74, 6) is 0.472. The Bertz CT molecular complexity index is 443. The Labute approximate surface area is 132 Å². The zero-order valence-electron chi connectivity index (χ0n) is 12.5. The summed E-state index contributed by atoms with van der Waals surface area (Å²) in [5.41, 5.74) is 1.27. The number of hydrogen-bond donors (Lipinski definition) is 2. The Kier molecular flexibility index (Phi) is 5.04. The van der Waals surface area contributed by atoms with Gasteiger partial charge in [0.05, 0.1) is 6.10 Å². The van der Waals surface area contributed by atoms with Crippen LogP contribution in [0.2, 0.25) is 5.02 Å². The maximum atomic E-state index is 9.87. The van der Waals surface area contributed by atoms with E-state index >= 15 is 0 Å². The van der Waals surface area contributed by atoms with Gasteiger partial charge in [-0.1, -0.05) is 18.0 Å². The van der Waals surface area contributed by atoms with Crippen LogP contribution in [0.4, 0.5) is 5.69 Å². The molecule has 3 rings (SSSR count). The van der Waals surface area contributed by atoms with E-state index in [-0.39, 0.29) is 6.10 Å². The largest absolute Gasteiger partial charge is 0.393 e. The molecule has 1 aromatic carbocycles. The minimum absolute atomic E-state index is 0.0772. The summed E-state index contributed by atoms with van der Waals surface area (Å²) < 4.78 is 0. The molecular formula is C17H25ClN2O. The second-order valence-corrected chi connectivity index (χ2v) is 6.84. The van der Waals surface area contributed by atoms with E-state index in [1.54, 1.807) is 0 Å². The monoisotopic (exact) mass is 308 g/mol. The summed E-state index contributed by atoms with van der Waals surface area (Å²) in [6, 6.07) is 8.72. The number of hydrogen-bond acceptors (Lipinski definition) is 3. The highest BCUT2D eigenvalue weighted by Crippen LogP contribution is 2.26. The summed E-state index contributed by atoms with van der Waals surface area (Å²) in [4.78, 5) is 2.43. The molecule has 2 aliphatic rings. The van der Waals surface area contributed by atoms with E-state index < -0.39 is 0 Å². The Morgan fingerprint density at radius 2 is 1.81 bits per heavy atom. The highest BCUT2D eigenvalue weighted by atomic mass is 35.5. The number of aliphatic hydroxyl groups is 1. The van der Waals surface area contributed by atoms with Crippen LogP contribution in [-0.4, -0.2) is 36.9 Å². The third-order valence-corrected chi connectivity index (χ3v) is 5.23. The van der Waals surface area contributed by atoms with Gasteiger partial charge in [0, 0.05) is 36.4 Å². The van der Waals surface area contributed by atoms with Crippen LogP contribution in [0.3, 0.4) is 0 Å². The first-order valence-electron chi connectivity index (χ1n) is 8.14. The minimum Gasteiger partial charge on any atom is -0.393 e. The van der Waals surface area contributed by atoms with Crippen molar-refractivity contribution < 1.29 is 5.11 Å². The lowest BCUT2D eigenvalue weighted by Gasteiger charge is -2.34. The Hall–Kier alpha value is -0.770. The normalized spacial score (nSPS) is 27.2. The van der Waals surface area contributed by atoms with Crippen LogP contribution in [0.15, 0.2) is 24.3 Å². The predicted octanol–water partition coefficient (Wildman–Crippen LogP) is 3.06. The molecule has 1 heterocycles. The van der Waals surface area contributed by atoms with Gasteiger partial charge in [0.15, 0.2) is 0 Å². The smallest absolute Gasteiger partial charge is 0.0580 e. The number of nitrogens with one attached hydrogen (secondary N) is 1. The number of piperidine rings is 1. The fourth-order valence-electron chi connectivity index (χ4n) is 3.57. The Morgan fingerprint density at radius 1 is 1.10 bits per heavy atom. The standard InChI is InChI=1S/C17H25ClN2O/c18-14-4-6-16(7-5-14)20-10-8-15(9-11-20)19-12-13-2-1-3-17(13)21/h4-7,13,15,17,19,21H,1-3,8-12H2. The summed E-state index contributed by atoms with van der Waals surface area (Å²) in [5, 5.41) is 14.3. The van der Waals surface area contributed by atoms with E-state index in [4.69, 9.17) is 11.6 Å². The van der Waals surface area contributed by atoms with Crippen LogP contribution in [0.25, 0.3) is 0 Å². The first-order chi connectivity index (χ1) is 10.2. The molecule has 0 aromatic heterocycles. The molecule has 2 N–H and O–H groups in total. The fraction of sp³-hybridized carbons (Fsp3) is 0.647. The average Bonchev–Trinajstić information content (AvgIpc) is 2.92. The molecule has 0 radical (unpaired) electrons. The lowest BCUT2D eigenvalue weighted by molar-refractivity contribution is 0.129. The molecule has 1 aliphatic carbocycles. The van der Waals surface area contributed by atoms with Gasteiger partial charge in [-0.3, -0.25) is 0 Å². The van der Waals surface area contributed by atoms with E-state index in [2.05, 4.69) is 22.3 Å². The molecule has 2 unspecified atom stereocenters. The molecule has 1 aromatic rings. The number of anilines is 1. The number of rotatable bonds is 4. The zero-order chi connectivity index (χ0) is 14.7. The zero-order valence-corrected chi connectivity index (χ0v) is 13.2. The van der Waals surface area contributed by atoms with Gasteiger partial charge in [-0.25, -0.2) is 0 Å². The van der Waals surface area contributed by atoms with Gasteiger partial charge >= 0.3 is 0 Å². The molecule has 0 amide bonds. The maximum Gasteiger partial charge on any atom is 0.0580 e. The van der Waals surface area contributed by atoms with Crippen molar-refractivity contribution in [3.05, 3.63) is 29.3 Å². The average molecular weight is 309 g/mol. The first kappa shape index (κ1) is 15.1. The van der Waals surface area contributed by atoms with Gasteiger partial charge in [-0.2, -0.15) is 0 Å². The van der Waals surface area contributed by atoms with Crippen molar-refractivity contribution in [1.29, 1.82) is 0 Å². The highest BCUT2D eigenvalue weighted by Gasteiger charge is 2.26. The molecule has 1 saturated heterocycles. The van der Waals surface area contributed by atoms with Crippen molar-refractivity contribution in [2.75, 3.05) is 24.5 Å². The van der Waals surface area contributed by atoms with E-state index in [9.17, 15) is 5.11 Å². The summed E-state index contributed by atoms with van der Waals surface area (Å²) in [6.45, 7) is 3.16. The third-order valence-electron chi connectivity index (χ3n) is 4.97. The molecular weight excluding hydrogens is 284 g/mol. The van der Waals surface area contributed by atoms with Crippen LogP contribution in [0.5, 0.6) is 0 Å². The van der Waals surface area contributed by atoms with E-state index in [1.165, 1.54) is 31.4 Å². The van der Waals surface area contributed by atoms with Crippen LogP contribution >= 0.6 is 11.6 Å². The van der Waals surface area contributed by atoms with Gasteiger partial charge in [0.25, 0.3) is 0 Å². The number of aliphatic hydroxyl groups excluding tert-OH is 1. The van der Waals surface area contributed by atoms with Crippen molar-refractivity contribution in [3.63, 3.8) is 0 Å². The van der Waals surface area contributed by atoms with Gasteiger partial charge in [0.2, 0.25) is 0 Å². The third kappa shape index (κ3) is 3.91. The first-order valence-corrected chi connectivity index (χ1v) is 8.52. The predicted molar refractivity (Wildman–Crippen MR) is 88.0 cm³/mol. The molecule has 1 aliphatic heterocycles. The lowest BCUT2D eigenvalue weighted by atomic mass is 10.0. The fourth-order valence-corrected chi connectivity index (χ4v) is 3.69. The van der Waals surface area contributed by atoms with E-state index in [0.29, 0.717) is 12.0 Å². The lowest BCUT2D eigenvalue weighted by Crippen LogP contribution is -2.44. The van der Waals surface area contributed by atoms with Gasteiger partial charge in [-0.05, 0) is 55.9 Å². The van der Waals surface area contributed by atoms with E-state index in [1.807, 2.05) is 12.1 Å². The van der Waals surface area contributed by atoms with E-state index in [0.717, 1.165) is 31.1 Å². The number of benzene rings is 1. The molecule has 2 atom stereocenters. The molecule has 1 saturated carbocycles. The van der Waals surface area contributed by atoms with Gasteiger partial charge in [-0.15, -0.1) is 0 Å². The molecule has 4 heteroatoms. The molecule has 0 spiro atoms. The number of halogens is 1. The molecule has 3 nitrogen and oxygen atoms in total. The van der Waals surface area contributed by atoms with Crippen LogP contribution in [0.1, 0.15) is 32.1 Å². The maximum absolute atomic E-state index is 9.87. The second-order valence-electron chi connectivity index (χ2n) is 6.40. The molecule has 116 valence electrons. The van der Waals surface area contributed by atoms with Crippen molar-refractivity contribution in [3.8, 4) is 0 Å². The quantitative estimate of drug-likeness (QED) is 0.897. The number of nitrogens with zero attached hydrogens (tertiary/aromatic N) is 1. The topological polar surface area (TPSA) is 35.5 Å². The van der Waals surface area contributed by atoms with Crippen LogP contribution in [-0.2, 0) is 0 Å². The Balaban J connectivity index is 1.43. The summed E-state index contributed by atoms with van der Waals surface area (Å²) >= 11 is 5.94. The van der Waals surface area contributed by atoms with Crippen LogP contribution in [0, 0.1) is 5.92 Å². The SMILES string of the molecule is OC1CCCC1CNC1CCN(c2ccc(Cl)cc2)CC1. The Morgan fingerprint density at radius 3 is 2.43 bits per heavy atom.